The average Bonchev–Trinajstić information content (AvgIpc) is 1.88. The summed E-state index contributed by atoms with van der Waals surface area (Å²) in [5.74, 6) is -0.110. The topological polar surface area (TPSA) is 55.5 Å². The molecule has 0 aliphatic carbocycles. The van der Waals surface area contributed by atoms with Crippen molar-refractivity contribution in [1.82, 2.24) is 0 Å². The second kappa shape index (κ2) is 2.90. The first-order valence-corrected chi connectivity index (χ1v) is 3.48. The van der Waals surface area contributed by atoms with Crippen LogP contribution in [0.15, 0.2) is 0 Å². The Morgan fingerprint density at radius 1 is 1.70 bits per heavy atom. The molecule has 10 heavy (non-hydrogen) atoms. The fraction of sp³-hybridized carbons (Fsp3) is 1.00. The average molecular weight is 141 g/mol. The number of hydrogen-bond donors (Lipinski definition) is 2. The highest BCUT2D eigenvalue weighted by molar-refractivity contribution is 6.13. The third-order valence-corrected chi connectivity index (χ3v) is 1.81. The molecule has 1 heterocycles. The Labute approximate surface area is 62.0 Å². The normalized spacial score (nSPS) is 33.2. The van der Waals surface area contributed by atoms with Crippen molar-refractivity contribution in [2.24, 2.45) is 11.7 Å². The summed E-state index contributed by atoms with van der Waals surface area (Å²) in [6.07, 6.45) is 1.78. The van der Waals surface area contributed by atoms with Crippen molar-refractivity contribution in [3.8, 4) is 0 Å². The Morgan fingerprint density at radius 3 is 2.70 bits per heavy atom. The van der Waals surface area contributed by atoms with Crippen LogP contribution in [0.3, 0.4) is 0 Å². The number of hydrogen-bond acceptors (Lipinski definition) is 3. The van der Waals surface area contributed by atoms with Gasteiger partial charge in [-0.3, -0.25) is 0 Å². The van der Waals surface area contributed by atoms with Gasteiger partial charge in [0, 0.05) is 12.5 Å². The van der Waals surface area contributed by atoms with E-state index in [1.807, 2.05) is 0 Å². The molecule has 2 atom stereocenters. The molecule has 3 nitrogen and oxygen atoms in total. The van der Waals surface area contributed by atoms with Gasteiger partial charge in [0.05, 0.1) is 12.2 Å². The summed E-state index contributed by atoms with van der Waals surface area (Å²) in [4.78, 5) is 0. The lowest BCUT2D eigenvalue weighted by Crippen LogP contribution is -2.50. The Hall–Kier alpha value is -0.0551. The first-order chi connectivity index (χ1) is 4.61. The van der Waals surface area contributed by atoms with Gasteiger partial charge in [0.2, 0.25) is 0 Å². The third kappa shape index (κ3) is 1.97. The van der Waals surface area contributed by atoms with E-state index in [2.05, 4.69) is 0 Å². The summed E-state index contributed by atoms with van der Waals surface area (Å²) in [5.41, 5.74) is 3.71. The zero-order valence-electron chi connectivity index (χ0n) is 5.92. The molecule has 0 saturated carbocycles. The first-order valence-electron chi connectivity index (χ1n) is 3.48. The highest BCUT2D eigenvalue weighted by Crippen LogP contribution is 2.19. The lowest BCUT2D eigenvalue weighted by atomic mass is 9.77. The molecule has 2 unspecified atom stereocenters. The van der Waals surface area contributed by atoms with E-state index in [4.69, 9.17) is 23.4 Å². The van der Waals surface area contributed by atoms with Crippen LogP contribution >= 0.6 is 0 Å². The molecule has 1 rings (SSSR count). The molecule has 0 aromatic rings. The minimum absolute atomic E-state index is 0.110. The Morgan fingerprint density at radius 2 is 2.40 bits per heavy atom. The summed E-state index contributed by atoms with van der Waals surface area (Å²) in [7, 11) is 5.26. The van der Waals surface area contributed by atoms with Crippen molar-refractivity contribution in [1.29, 1.82) is 0 Å². The molecular weight excluding hydrogens is 129 g/mol. The molecule has 1 aliphatic rings. The van der Waals surface area contributed by atoms with Crippen LogP contribution in [0, 0.1) is 5.92 Å². The van der Waals surface area contributed by atoms with Gasteiger partial charge in [-0.05, 0) is 12.8 Å². The van der Waals surface area contributed by atoms with Crippen molar-refractivity contribution < 1.29 is 9.84 Å². The van der Waals surface area contributed by atoms with Gasteiger partial charge in [-0.15, -0.1) is 0 Å². The lowest BCUT2D eigenvalue weighted by molar-refractivity contribution is -0.0279. The van der Waals surface area contributed by atoms with E-state index in [0.717, 1.165) is 19.4 Å². The van der Waals surface area contributed by atoms with E-state index in [1.54, 1.807) is 0 Å². The highest BCUT2D eigenvalue weighted by atomic mass is 16.5. The fourth-order valence-corrected chi connectivity index (χ4v) is 1.11. The van der Waals surface area contributed by atoms with Crippen LogP contribution < -0.4 is 5.73 Å². The molecule has 0 spiro atoms. The van der Waals surface area contributed by atoms with E-state index >= 15 is 0 Å². The fourth-order valence-electron chi connectivity index (χ4n) is 1.11. The van der Waals surface area contributed by atoms with Gasteiger partial charge >= 0.3 is 0 Å². The zero-order valence-corrected chi connectivity index (χ0v) is 5.92. The molecule has 1 fully saturated rings. The van der Waals surface area contributed by atoms with Crippen molar-refractivity contribution >= 4 is 7.85 Å². The van der Waals surface area contributed by atoms with E-state index in [9.17, 15) is 0 Å². The molecule has 0 aromatic heterocycles. The Bertz CT molecular complexity index is 107. The van der Waals surface area contributed by atoms with Crippen molar-refractivity contribution in [3.05, 3.63) is 0 Å². The van der Waals surface area contributed by atoms with E-state index in [0.29, 0.717) is 6.61 Å². The zero-order chi connectivity index (χ0) is 7.61. The second-order valence-electron chi connectivity index (χ2n) is 2.80. The predicted octanol–water partition coefficient (Wildman–Crippen LogP) is -0.814. The Balaban J connectivity index is 2.39. The van der Waals surface area contributed by atoms with Crippen LogP contribution in [0.2, 0.25) is 0 Å². The van der Waals surface area contributed by atoms with Gasteiger partial charge in [-0.25, -0.2) is 0 Å². The maximum absolute atomic E-state index is 9.12. The molecule has 0 bridgehead atoms. The summed E-state index contributed by atoms with van der Waals surface area (Å²) in [6.45, 7) is 1.23. The molecule has 1 aliphatic heterocycles. The summed E-state index contributed by atoms with van der Waals surface area (Å²) < 4.78 is 5.09. The van der Waals surface area contributed by atoms with Gasteiger partial charge in [0.1, 0.15) is 7.85 Å². The molecule has 0 aromatic carbocycles. The lowest BCUT2D eigenvalue weighted by Gasteiger charge is -2.32. The van der Waals surface area contributed by atoms with Crippen LogP contribution in [0.1, 0.15) is 12.8 Å². The SMILES string of the molecule is [B]C(N)(O)C1CCCOC1. The summed E-state index contributed by atoms with van der Waals surface area (Å²) in [6, 6.07) is 0. The number of ether oxygens (including phenoxy) is 1. The largest absolute Gasteiger partial charge is 0.385 e. The van der Waals surface area contributed by atoms with Gasteiger partial charge in [0.25, 0.3) is 0 Å². The maximum Gasteiger partial charge on any atom is 0.135 e. The first kappa shape index (κ1) is 8.05. The standard InChI is InChI=1S/C6H12BNO2/c7-6(8,9)5-2-1-3-10-4-5/h5,9H,1-4,8H2. The van der Waals surface area contributed by atoms with E-state index in [-0.39, 0.29) is 5.92 Å². The van der Waals surface area contributed by atoms with Gasteiger partial charge < -0.3 is 15.6 Å². The molecule has 4 heteroatoms. The number of rotatable bonds is 1. The van der Waals surface area contributed by atoms with Crippen LogP contribution in [-0.4, -0.2) is 31.8 Å². The minimum atomic E-state index is -1.56. The van der Waals surface area contributed by atoms with Gasteiger partial charge in [0.15, 0.2) is 0 Å². The van der Waals surface area contributed by atoms with E-state index in [1.165, 1.54) is 0 Å². The van der Waals surface area contributed by atoms with Crippen LogP contribution in [-0.2, 0) is 4.74 Å². The van der Waals surface area contributed by atoms with Crippen molar-refractivity contribution in [2.75, 3.05) is 13.2 Å². The van der Waals surface area contributed by atoms with Gasteiger partial charge in [-0.1, -0.05) is 0 Å². The monoisotopic (exact) mass is 141 g/mol. The quantitative estimate of drug-likeness (QED) is 0.370. The molecule has 3 N–H and O–H groups in total. The van der Waals surface area contributed by atoms with E-state index < -0.39 is 5.62 Å². The Kier molecular flexibility index (Phi) is 2.34. The molecule has 56 valence electrons. The smallest absolute Gasteiger partial charge is 0.135 e. The highest BCUT2D eigenvalue weighted by Gasteiger charge is 2.28. The van der Waals surface area contributed by atoms with Crippen molar-refractivity contribution in [3.63, 3.8) is 0 Å². The van der Waals surface area contributed by atoms with Crippen LogP contribution in [0.5, 0.6) is 0 Å². The second-order valence-corrected chi connectivity index (χ2v) is 2.80. The number of nitrogens with two attached hydrogens (primary N) is 1. The molecule has 1 saturated heterocycles. The summed E-state index contributed by atoms with van der Waals surface area (Å²) >= 11 is 0. The summed E-state index contributed by atoms with van der Waals surface area (Å²) in [5, 5.41) is 9.12. The molecule has 2 radical (unpaired) electrons. The molecule has 0 amide bonds. The van der Waals surface area contributed by atoms with Crippen LogP contribution in [0.4, 0.5) is 0 Å². The minimum Gasteiger partial charge on any atom is -0.385 e. The maximum atomic E-state index is 9.12. The van der Waals surface area contributed by atoms with Gasteiger partial charge in [-0.2, -0.15) is 0 Å². The number of aliphatic hydroxyl groups is 1. The predicted molar refractivity (Wildman–Crippen MR) is 38.4 cm³/mol. The van der Waals surface area contributed by atoms with Crippen molar-refractivity contribution in [2.45, 2.75) is 18.5 Å². The van der Waals surface area contributed by atoms with Crippen LogP contribution in [0.25, 0.3) is 0 Å². The molecular formula is C6H12BNO2. The third-order valence-electron chi connectivity index (χ3n) is 1.81.